The van der Waals surface area contributed by atoms with Crippen LogP contribution < -0.4 is 0 Å². The minimum atomic E-state index is -0.129. The van der Waals surface area contributed by atoms with Crippen LogP contribution in [0.15, 0.2) is 60.8 Å². The molecule has 1 amide bonds. The van der Waals surface area contributed by atoms with Gasteiger partial charge in [-0.05, 0) is 38.0 Å². The number of rotatable bonds is 3. The molecule has 0 radical (unpaired) electrons. The van der Waals surface area contributed by atoms with E-state index in [1.165, 1.54) is 0 Å². The van der Waals surface area contributed by atoms with E-state index in [2.05, 4.69) is 15.3 Å². The lowest BCUT2D eigenvalue weighted by molar-refractivity contribution is 0.0731. The van der Waals surface area contributed by atoms with Gasteiger partial charge in [0.15, 0.2) is 17.1 Å². The number of likely N-dealkylation sites (tertiary alicyclic amines) is 1. The highest BCUT2D eigenvalue weighted by molar-refractivity contribution is 6.07. The van der Waals surface area contributed by atoms with Gasteiger partial charge in [0.05, 0.1) is 28.4 Å². The van der Waals surface area contributed by atoms with Gasteiger partial charge >= 0.3 is 0 Å². The second-order valence-electron chi connectivity index (χ2n) is 8.47. The Morgan fingerprint density at radius 2 is 1.88 bits per heavy atom. The molecule has 4 aromatic heterocycles. The molecule has 5 aromatic rings. The summed E-state index contributed by atoms with van der Waals surface area (Å²) in [5.41, 5.74) is 4.65. The largest absolute Gasteiger partial charge is 0.328 e. The van der Waals surface area contributed by atoms with E-state index in [1.54, 1.807) is 4.68 Å². The second-order valence-corrected chi connectivity index (χ2v) is 8.47. The van der Waals surface area contributed by atoms with Crippen LogP contribution in [0.1, 0.15) is 40.8 Å². The van der Waals surface area contributed by atoms with E-state index in [4.69, 9.17) is 4.98 Å². The highest BCUT2D eigenvalue weighted by atomic mass is 16.2. The van der Waals surface area contributed by atoms with Gasteiger partial charge in [-0.2, -0.15) is 5.10 Å². The number of benzene rings is 1. The Kier molecular flexibility index (Phi) is 4.46. The molecule has 5 heterocycles. The zero-order valence-corrected chi connectivity index (χ0v) is 18.5. The van der Waals surface area contributed by atoms with Crippen molar-refractivity contribution in [2.24, 2.45) is 7.05 Å². The molecule has 0 aliphatic carbocycles. The number of nitrogens with zero attached hydrogens (tertiary/aromatic N) is 7. The molecule has 1 atom stereocenters. The first-order chi connectivity index (χ1) is 16.1. The predicted octanol–water partition coefficient (Wildman–Crippen LogP) is 3.96. The second kappa shape index (κ2) is 7.51. The number of carbonyl (C=O) groups is 1. The van der Waals surface area contributed by atoms with Crippen molar-refractivity contribution >= 4 is 22.6 Å². The molecule has 8 heteroatoms. The van der Waals surface area contributed by atoms with E-state index in [9.17, 15) is 4.79 Å². The summed E-state index contributed by atoms with van der Waals surface area (Å²) in [5.74, 6) is 0.777. The van der Waals surface area contributed by atoms with Gasteiger partial charge in [-0.25, -0.2) is 4.98 Å². The summed E-state index contributed by atoms with van der Waals surface area (Å²) in [5, 5.41) is 14.1. The molecule has 1 aliphatic rings. The fraction of sp³-hybridized carbons (Fsp3) is 0.240. The summed E-state index contributed by atoms with van der Waals surface area (Å²) in [7, 11) is 1.87. The average molecular weight is 438 g/mol. The summed E-state index contributed by atoms with van der Waals surface area (Å²) in [6.07, 6.45) is 3.73. The van der Waals surface area contributed by atoms with E-state index >= 15 is 0 Å². The Morgan fingerprint density at radius 1 is 1.06 bits per heavy atom. The smallest absolute Gasteiger partial charge is 0.255 e. The molecule has 0 N–H and O–H groups in total. The number of pyridine rings is 2. The average Bonchev–Trinajstić information content (AvgIpc) is 3.56. The maximum atomic E-state index is 14.1. The fourth-order valence-electron chi connectivity index (χ4n) is 4.89. The number of aromatic nitrogens is 6. The zero-order chi connectivity index (χ0) is 22.5. The Balaban J connectivity index is 1.49. The summed E-state index contributed by atoms with van der Waals surface area (Å²) in [4.78, 5) is 20.8. The summed E-state index contributed by atoms with van der Waals surface area (Å²) < 4.78 is 3.73. The van der Waals surface area contributed by atoms with Crippen LogP contribution in [-0.4, -0.2) is 46.7 Å². The molecule has 8 nitrogen and oxygen atoms in total. The van der Waals surface area contributed by atoms with Crippen LogP contribution in [-0.2, 0) is 7.05 Å². The van der Waals surface area contributed by atoms with Gasteiger partial charge < -0.3 is 4.90 Å². The molecule has 0 saturated carbocycles. The topological polar surface area (TPSA) is 81.2 Å². The molecule has 0 spiro atoms. The maximum Gasteiger partial charge on any atom is 0.255 e. The van der Waals surface area contributed by atoms with Crippen LogP contribution >= 0.6 is 0 Å². The molecule has 6 rings (SSSR count). The third kappa shape index (κ3) is 3.09. The molecule has 0 bridgehead atoms. The number of hydrogen-bond donors (Lipinski definition) is 0. The van der Waals surface area contributed by atoms with Crippen LogP contribution in [0, 0.1) is 6.92 Å². The highest BCUT2D eigenvalue weighted by Gasteiger charge is 2.35. The molecule has 164 valence electrons. The van der Waals surface area contributed by atoms with Gasteiger partial charge in [0.25, 0.3) is 5.91 Å². The number of hydrogen-bond acceptors (Lipinski definition) is 5. The van der Waals surface area contributed by atoms with Crippen LogP contribution in [0.25, 0.3) is 27.9 Å². The Hall–Kier alpha value is -4.07. The lowest BCUT2D eigenvalue weighted by Gasteiger charge is -2.24. The van der Waals surface area contributed by atoms with Gasteiger partial charge in [-0.3, -0.25) is 13.9 Å². The van der Waals surface area contributed by atoms with E-state index < -0.39 is 0 Å². The van der Waals surface area contributed by atoms with Crippen molar-refractivity contribution in [3.05, 3.63) is 77.9 Å². The minimum Gasteiger partial charge on any atom is -0.328 e. The normalized spacial score (nSPS) is 16.2. The zero-order valence-electron chi connectivity index (χ0n) is 18.5. The van der Waals surface area contributed by atoms with Gasteiger partial charge in [0, 0.05) is 25.4 Å². The van der Waals surface area contributed by atoms with Crippen LogP contribution in [0.2, 0.25) is 0 Å². The lowest BCUT2D eigenvalue weighted by atomic mass is 10.0. The molecule has 1 saturated heterocycles. The summed E-state index contributed by atoms with van der Waals surface area (Å²) in [6.45, 7) is 2.60. The number of fused-ring (bicyclic) bond motifs is 2. The van der Waals surface area contributed by atoms with Crippen molar-refractivity contribution in [1.82, 2.24) is 34.3 Å². The van der Waals surface area contributed by atoms with Gasteiger partial charge in [0.2, 0.25) is 0 Å². The van der Waals surface area contributed by atoms with Crippen LogP contribution in [0.3, 0.4) is 0 Å². The van der Waals surface area contributed by atoms with Crippen molar-refractivity contribution in [3.63, 3.8) is 0 Å². The molecular weight excluding hydrogens is 414 g/mol. The molecule has 0 unspecified atom stereocenters. The van der Waals surface area contributed by atoms with Crippen molar-refractivity contribution < 1.29 is 4.79 Å². The van der Waals surface area contributed by atoms with Crippen molar-refractivity contribution in [2.75, 3.05) is 6.54 Å². The summed E-state index contributed by atoms with van der Waals surface area (Å²) in [6, 6.07) is 17.5. The standard InChI is InChI=1S/C25H23N7O/c1-16-22-18(15-19(17-9-4-3-5-10-17)26-24(22)30(2)29-16)25(33)31-14-8-11-20(31)23-28-27-21-12-6-7-13-32(21)23/h3-7,9-10,12-13,15,20H,8,11,14H2,1-2H3/t20-/m0/s1. The highest BCUT2D eigenvalue weighted by Crippen LogP contribution is 2.35. The van der Waals surface area contributed by atoms with Crippen LogP contribution in [0.4, 0.5) is 0 Å². The summed E-state index contributed by atoms with van der Waals surface area (Å²) >= 11 is 0. The van der Waals surface area contributed by atoms with Crippen LogP contribution in [0.5, 0.6) is 0 Å². The fourth-order valence-corrected chi connectivity index (χ4v) is 4.89. The molecular formula is C25H23N7O. The van der Waals surface area contributed by atoms with Crippen molar-refractivity contribution in [2.45, 2.75) is 25.8 Å². The first-order valence-electron chi connectivity index (χ1n) is 11.1. The third-order valence-electron chi connectivity index (χ3n) is 6.42. The van der Waals surface area contributed by atoms with E-state index in [-0.39, 0.29) is 11.9 Å². The van der Waals surface area contributed by atoms with Crippen molar-refractivity contribution in [1.29, 1.82) is 0 Å². The molecule has 1 fully saturated rings. The van der Waals surface area contributed by atoms with E-state index in [1.807, 2.05) is 84.1 Å². The van der Waals surface area contributed by atoms with Gasteiger partial charge in [-0.1, -0.05) is 36.4 Å². The third-order valence-corrected chi connectivity index (χ3v) is 6.42. The van der Waals surface area contributed by atoms with E-state index in [0.717, 1.165) is 46.7 Å². The monoisotopic (exact) mass is 437 g/mol. The molecule has 1 aromatic carbocycles. The Bertz CT molecular complexity index is 1500. The first-order valence-corrected chi connectivity index (χ1v) is 11.1. The van der Waals surface area contributed by atoms with Gasteiger partial charge in [0.1, 0.15) is 0 Å². The van der Waals surface area contributed by atoms with Crippen molar-refractivity contribution in [3.8, 4) is 11.3 Å². The number of amides is 1. The SMILES string of the molecule is Cc1nn(C)c2nc(-c3ccccc3)cc(C(=O)N3CCC[C@H]3c3nnc4ccccn34)c12. The molecule has 33 heavy (non-hydrogen) atoms. The van der Waals surface area contributed by atoms with Gasteiger partial charge in [-0.15, -0.1) is 10.2 Å². The number of carbonyl (C=O) groups excluding carboxylic acids is 1. The maximum absolute atomic E-state index is 14.1. The quantitative estimate of drug-likeness (QED) is 0.427. The Labute approximate surface area is 190 Å². The number of aryl methyl sites for hydroxylation is 2. The predicted molar refractivity (Wildman–Crippen MR) is 125 cm³/mol. The molecule has 1 aliphatic heterocycles. The Morgan fingerprint density at radius 3 is 2.73 bits per heavy atom. The lowest BCUT2D eigenvalue weighted by Crippen LogP contribution is -2.32. The minimum absolute atomic E-state index is 0.0223. The first kappa shape index (κ1) is 19.6. The van der Waals surface area contributed by atoms with E-state index in [0.29, 0.717) is 17.8 Å².